The van der Waals surface area contributed by atoms with E-state index in [1.54, 1.807) is 48.7 Å². The van der Waals surface area contributed by atoms with Crippen molar-refractivity contribution < 1.29 is 28.7 Å². The number of anilines is 1. The first-order valence-electron chi connectivity index (χ1n) is 8.96. The smallest absolute Gasteiger partial charge is 0.295 e. The Morgan fingerprint density at radius 2 is 1.97 bits per heavy atom. The number of benzene rings is 1. The molecule has 0 fully saturated rings. The van der Waals surface area contributed by atoms with Crippen molar-refractivity contribution in [2.45, 2.75) is 13.0 Å². The summed E-state index contributed by atoms with van der Waals surface area (Å²) in [5, 5.41) is 16.4. The predicted molar refractivity (Wildman–Crippen MR) is 109 cm³/mol. The molecule has 1 N–H and O–H groups in total. The molecule has 154 valence electrons. The van der Waals surface area contributed by atoms with Crippen molar-refractivity contribution in [2.75, 3.05) is 19.1 Å². The maximum Gasteiger partial charge on any atom is 0.295 e. The van der Waals surface area contributed by atoms with Gasteiger partial charge in [0.1, 0.15) is 5.76 Å². The van der Waals surface area contributed by atoms with E-state index in [9.17, 15) is 14.7 Å². The zero-order valence-electron chi connectivity index (χ0n) is 16.4. The molecule has 0 saturated carbocycles. The lowest BCUT2D eigenvalue weighted by Gasteiger charge is -2.25. The Kier molecular flexibility index (Phi) is 5.04. The molecule has 0 bridgehead atoms. The molecule has 1 aliphatic rings. The number of aliphatic hydroxyl groups excluding tert-OH is 1. The Hall–Kier alpha value is -3.59. The number of thiophene rings is 1. The van der Waals surface area contributed by atoms with Gasteiger partial charge in [0.2, 0.25) is 5.78 Å². The number of hydrogen-bond acceptors (Lipinski definition) is 8. The van der Waals surface area contributed by atoms with E-state index in [-0.39, 0.29) is 11.4 Å². The van der Waals surface area contributed by atoms with Crippen LogP contribution in [-0.4, -0.2) is 36.2 Å². The molecular formula is C21H18N2O6S. The average molecular weight is 426 g/mol. The molecule has 1 amide bonds. The third-order valence-electron chi connectivity index (χ3n) is 4.78. The number of Topliss-reactive ketones (excluding diaryl/α,β-unsaturated/α-hetero) is 1. The molecule has 1 atom stereocenters. The molecule has 8 nitrogen and oxygen atoms in total. The normalized spacial score (nSPS) is 16.3. The molecule has 0 saturated heterocycles. The minimum Gasteiger partial charge on any atom is -0.503 e. The van der Waals surface area contributed by atoms with Gasteiger partial charge in [-0.15, -0.1) is 11.3 Å². The Bertz CT molecular complexity index is 1150. The van der Waals surface area contributed by atoms with Crippen LogP contribution < -0.4 is 14.4 Å². The number of aromatic nitrogens is 1. The van der Waals surface area contributed by atoms with Crippen LogP contribution in [0.2, 0.25) is 0 Å². The zero-order chi connectivity index (χ0) is 21.4. The minimum absolute atomic E-state index is 0.0321. The maximum absolute atomic E-state index is 13.2. The lowest BCUT2D eigenvalue weighted by Crippen LogP contribution is -2.31. The van der Waals surface area contributed by atoms with Crippen LogP contribution in [0.25, 0.3) is 0 Å². The summed E-state index contributed by atoms with van der Waals surface area (Å²) in [5.41, 5.74) is 0.515. The van der Waals surface area contributed by atoms with Crippen LogP contribution in [0, 0.1) is 6.92 Å². The van der Waals surface area contributed by atoms with Gasteiger partial charge in [0.15, 0.2) is 23.1 Å². The predicted octanol–water partition coefficient (Wildman–Crippen LogP) is 3.84. The van der Waals surface area contributed by atoms with Crippen molar-refractivity contribution in [3.63, 3.8) is 0 Å². The second-order valence-electron chi connectivity index (χ2n) is 6.56. The fourth-order valence-electron chi connectivity index (χ4n) is 3.42. The number of methoxy groups -OCH3 is 2. The van der Waals surface area contributed by atoms with Crippen LogP contribution in [0.15, 0.2) is 57.6 Å². The van der Waals surface area contributed by atoms with Crippen LogP contribution in [0.3, 0.4) is 0 Å². The van der Waals surface area contributed by atoms with Gasteiger partial charge in [0, 0.05) is 6.07 Å². The lowest BCUT2D eigenvalue weighted by atomic mass is 9.95. The van der Waals surface area contributed by atoms with E-state index in [0.29, 0.717) is 27.7 Å². The first kappa shape index (κ1) is 19.7. The number of amides is 1. The maximum atomic E-state index is 13.2. The number of carbonyl (C=O) groups excluding carboxylic acids is 2. The fourth-order valence-corrected chi connectivity index (χ4v) is 4.10. The van der Waals surface area contributed by atoms with Gasteiger partial charge in [0.25, 0.3) is 5.91 Å². The standard InChI is InChI=1S/C21H18N2O6S/c1-11-9-16(22-29-11)23-18(12-6-7-13(27-2)14(10-12)28-3)17(20(25)21(23)26)19(24)15-5-4-8-30-15/h4-10,18,25H,1-3H3. The van der Waals surface area contributed by atoms with Crippen molar-refractivity contribution in [1.82, 2.24) is 5.16 Å². The Labute approximate surface area is 175 Å². The second kappa shape index (κ2) is 7.68. The molecule has 0 radical (unpaired) electrons. The monoisotopic (exact) mass is 426 g/mol. The summed E-state index contributed by atoms with van der Waals surface area (Å²) in [6.45, 7) is 1.69. The number of carbonyl (C=O) groups is 2. The molecule has 0 aliphatic carbocycles. The highest BCUT2D eigenvalue weighted by Gasteiger charge is 2.46. The van der Waals surface area contributed by atoms with Gasteiger partial charge < -0.3 is 19.1 Å². The molecule has 0 spiro atoms. The summed E-state index contributed by atoms with van der Waals surface area (Å²) >= 11 is 1.23. The van der Waals surface area contributed by atoms with Gasteiger partial charge in [0.05, 0.1) is 30.7 Å². The molecule has 2 aromatic heterocycles. The van der Waals surface area contributed by atoms with Crippen LogP contribution >= 0.6 is 11.3 Å². The highest BCUT2D eigenvalue weighted by molar-refractivity contribution is 7.12. The van der Waals surface area contributed by atoms with E-state index in [4.69, 9.17) is 14.0 Å². The highest BCUT2D eigenvalue weighted by Crippen LogP contribution is 2.43. The summed E-state index contributed by atoms with van der Waals surface area (Å²) in [7, 11) is 3.00. The summed E-state index contributed by atoms with van der Waals surface area (Å²) in [5.74, 6) is -0.184. The third kappa shape index (κ3) is 3.13. The summed E-state index contributed by atoms with van der Waals surface area (Å²) in [6, 6.07) is 9.07. The molecule has 30 heavy (non-hydrogen) atoms. The van der Waals surface area contributed by atoms with Gasteiger partial charge >= 0.3 is 0 Å². The number of nitrogens with zero attached hydrogens (tertiary/aromatic N) is 2. The van der Waals surface area contributed by atoms with Crippen molar-refractivity contribution >= 4 is 28.8 Å². The first-order chi connectivity index (χ1) is 14.5. The summed E-state index contributed by atoms with van der Waals surface area (Å²) in [4.78, 5) is 27.9. The summed E-state index contributed by atoms with van der Waals surface area (Å²) in [6.07, 6.45) is 0. The van der Waals surface area contributed by atoms with E-state index < -0.39 is 23.5 Å². The van der Waals surface area contributed by atoms with E-state index >= 15 is 0 Å². The number of aliphatic hydroxyl groups is 1. The number of rotatable bonds is 6. The van der Waals surface area contributed by atoms with Gasteiger partial charge in [-0.2, -0.15) is 0 Å². The minimum atomic E-state index is -0.920. The van der Waals surface area contributed by atoms with E-state index in [0.717, 1.165) is 0 Å². The van der Waals surface area contributed by atoms with Gasteiger partial charge in [-0.3, -0.25) is 14.5 Å². The Morgan fingerprint density at radius 3 is 2.57 bits per heavy atom. The molecule has 3 aromatic rings. The van der Waals surface area contributed by atoms with E-state index in [2.05, 4.69) is 5.16 Å². The van der Waals surface area contributed by atoms with Crippen molar-refractivity contribution in [1.29, 1.82) is 0 Å². The quantitative estimate of drug-likeness (QED) is 0.598. The van der Waals surface area contributed by atoms with Gasteiger partial charge in [-0.25, -0.2) is 0 Å². The number of ether oxygens (including phenoxy) is 2. The molecule has 9 heteroatoms. The molecular weight excluding hydrogens is 408 g/mol. The topological polar surface area (TPSA) is 102 Å². The van der Waals surface area contributed by atoms with Crippen molar-refractivity contribution in [2.24, 2.45) is 0 Å². The number of hydrogen-bond donors (Lipinski definition) is 1. The van der Waals surface area contributed by atoms with Crippen LogP contribution in [0.5, 0.6) is 11.5 Å². The highest BCUT2D eigenvalue weighted by atomic mass is 32.1. The van der Waals surface area contributed by atoms with Crippen LogP contribution in [0.4, 0.5) is 5.82 Å². The van der Waals surface area contributed by atoms with Crippen LogP contribution in [-0.2, 0) is 4.79 Å². The second-order valence-corrected chi connectivity index (χ2v) is 7.50. The lowest BCUT2D eigenvalue weighted by molar-refractivity contribution is -0.117. The van der Waals surface area contributed by atoms with Crippen molar-refractivity contribution in [3.05, 3.63) is 69.3 Å². The van der Waals surface area contributed by atoms with Gasteiger partial charge in [-0.05, 0) is 36.1 Å². The largest absolute Gasteiger partial charge is 0.503 e. The molecule has 1 unspecified atom stereocenters. The number of aryl methyl sites for hydroxylation is 1. The molecule has 1 aromatic carbocycles. The Morgan fingerprint density at radius 1 is 1.20 bits per heavy atom. The SMILES string of the molecule is COc1ccc(C2C(C(=O)c3cccs3)=C(O)C(=O)N2c2cc(C)on2)cc1OC. The molecule has 1 aliphatic heterocycles. The first-order valence-corrected chi connectivity index (χ1v) is 9.84. The molecule has 4 rings (SSSR count). The van der Waals surface area contributed by atoms with E-state index in [1.807, 2.05) is 0 Å². The third-order valence-corrected chi connectivity index (χ3v) is 5.65. The fraction of sp³-hybridized carbons (Fsp3) is 0.190. The average Bonchev–Trinajstić information content (AvgIpc) is 3.48. The van der Waals surface area contributed by atoms with Crippen molar-refractivity contribution in [3.8, 4) is 11.5 Å². The summed E-state index contributed by atoms with van der Waals surface area (Å²) < 4.78 is 15.8. The Balaban J connectivity index is 1.90. The number of ketones is 1. The zero-order valence-corrected chi connectivity index (χ0v) is 17.2. The van der Waals surface area contributed by atoms with E-state index in [1.165, 1.54) is 30.5 Å². The van der Waals surface area contributed by atoms with Gasteiger partial charge in [-0.1, -0.05) is 17.3 Å². The van der Waals surface area contributed by atoms with Crippen LogP contribution in [0.1, 0.15) is 27.0 Å². The molecule has 3 heterocycles.